The summed E-state index contributed by atoms with van der Waals surface area (Å²) in [6.45, 7) is 3.90. The summed E-state index contributed by atoms with van der Waals surface area (Å²) < 4.78 is 0. The van der Waals surface area contributed by atoms with Gasteiger partial charge in [-0.1, -0.05) is 17.8 Å². The van der Waals surface area contributed by atoms with Gasteiger partial charge in [-0.05, 0) is 14.1 Å². The van der Waals surface area contributed by atoms with Gasteiger partial charge in [0.25, 0.3) is 0 Å². The van der Waals surface area contributed by atoms with Crippen molar-refractivity contribution in [1.82, 2.24) is 0 Å². The minimum atomic E-state index is 0. The van der Waals surface area contributed by atoms with Gasteiger partial charge in [-0.15, -0.1) is 6.07 Å². The van der Waals surface area contributed by atoms with Gasteiger partial charge in [0, 0.05) is 0 Å². The zero-order valence-electron chi connectivity index (χ0n) is 7.55. The van der Waals surface area contributed by atoms with E-state index in [1.165, 1.54) is 5.69 Å². The molecule has 0 N–H and O–H groups in total. The Balaban J connectivity index is 0. The minimum Gasteiger partial charge on any atom is -1.00 e. The van der Waals surface area contributed by atoms with Crippen LogP contribution in [0, 0.1) is 6.92 Å². The van der Waals surface area contributed by atoms with E-state index < -0.39 is 0 Å². The molecule has 1 aromatic carbocycles. The molecule has 1 aromatic rings. The molecule has 0 saturated carbocycles. The Labute approximate surface area is 96.7 Å². The molecular formula is C9H12ClMgN. The maximum absolute atomic E-state index is 3.90. The van der Waals surface area contributed by atoms with Gasteiger partial charge in [0.05, 0.1) is 0 Å². The molecule has 3 heteroatoms. The van der Waals surface area contributed by atoms with E-state index in [1.54, 1.807) is 0 Å². The molecular weight excluding hydrogens is 182 g/mol. The van der Waals surface area contributed by atoms with Crippen LogP contribution in [0.25, 0.3) is 0 Å². The molecule has 0 fully saturated rings. The summed E-state index contributed by atoms with van der Waals surface area (Å²) in [6.07, 6.45) is 0. The molecule has 1 nitrogen and oxygen atoms in total. The summed E-state index contributed by atoms with van der Waals surface area (Å²) in [4.78, 5) is 2.06. The first kappa shape index (κ1) is 14.5. The van der Waals surface area contributed by atoms with E-state index in [1.807, 2.05) is 32.3 Å². The smallest absolute Gasteiger partial charge is 1.00 e. The fourth-order valence-corrected chi connectivity index (χ4v) is 0.947. The van der Waals surface area contributed by atoms with Crippen molar-refractivity contribution in [3.8, 4) is 0 Å². The Bertz CT molecular complexity index is 226. The second-order valence-corrected chi connectivity index (χ2v) is 2.52. The van der Waals surface area contributed by atoms with Gasteiger partial charge >= 0.3 is 23.1 Å². The zero-order chi connectivity index (χ0) is 7.56. The van der Waals surface area contributed by atoms with Gasteiger partial charge in [0.2, 0.25) is 0 Å². The number of halogens is 1. The van der Waals surface area contributed by atoms with Crippen LogP contribution in [-0.2, 0) is 0 Å². The predicted molar refractivity (Wildman–Crippen MR) is 51.0 cm³/mol. The van der Waals surface area contributed by atoms with Crippen molar-refractivity contribution in [2.24, 2.45) is 0 Å². The van der Waals surface area contributed by atoms with E-state index in [-0.39, 0.29) is 35.5 Å². The molecule has 12 heavy (non-hydrogen) atoms. The second kappa shape index (κ2) is 6.46. The van der Waals surface area contributed by atoms with Crippen LogP contribution in [0.3, 0.4) is 0 Å². The Morgan fingerprint density at radius 2 is 1.67 bits per heavy atom. The molecule has 0 saturated heterocycles. The number of nitrogens with zero attached hydrogens (tertiary/aromatic N) is 1. The molecule has 0 atom stereocenters. The molecule has 0 radical (unpaired) electrons. The molecule has 1 rings (SSSR count). The van der Waals surface area contributed by atoms with Gasteiger partial charge in [-0.3, -0.25) is 0 Å². The van der Waals surface area contributed by atoms with Crippen LogP contribution in [-0.4, -0.2) is 37.1 Å². The topological polar surface area (TPSA) is 3.24 Å². The Hall–Kier alpha value is -0.0538. The molecule has 0 unspecified atom stereocenters. The van der Waals surface area contributed by atoms with Crippen LogP contribution >= 0.6 is 0 Å². The van der Waals surface area contributed by atoms with Gasteiger partial charge < -0.3 is 17.3 Å². The number of anilines is 1. The first-order chi connectivity index (χ1) is 4.72. The van der Waals surface area contributed by atoms with Crippen LogP contribution in [0.2, 0.25) is 0 Å². The first-order valence-electron chi connectivity index (χ1n) is 3.30. The van der Waals surface area contributed by atoms with Crippen molar-refractivity contribution in [3.05, 3.63) is 36.8 Å². The summed E-state index contributed by atoms with van der Waals surface area (Å²) >= 11 is 0. The Morgan fingerprint density at radius 1 is 1.17 bits per heavy atom. The van der Waals surface area contributed by atoms with E-state index >= 15 is 0 Å². The largest absolute Gasteiger partial charge is 2.00 e. The summed E-state index contributed by atoms with van der Waals surface area (Å²) in [5, 5.41) is 0. The minimum absolute atomic E-state index is 0. The molecule has 0 aliphatic carbocycles. The monoisotopic (exact) mass is 193 g/mol. The third kappa shape index (κ3) is 3.56. The van der Waals surface area contributed by atoms with Gasteiger partial charge in [-0.2, -0.15) is 18.6 Å². The number of hydrogen-bond donors (Lipinski definition) is 0. The van der Waals surface area contributed by atoms with Crippen molar-refractivity contribution >= 4 is 28.7 Å². The van der Waals surface area contributed by atoms with Crippen LogP contribution in [0.1, 0.15) is 5.56 Å². The Kier molecular flexibility index (Phi) is 7.79. The van der Waals surface area contributed by atoms with Crippen molar-refractivity contribution in [2.75, 3.05) is 19.0 Å². The normalized spacial score (nSPS) is 7.83. The van der Waals surface area contributed by atoms with E-state index in [9.17, 15) is 0 Å². The SMILES string of the molecule is [CH2-]c1ccccc1N(C)C.[Cl-].[Mg+2]. The fourth-order valence-electron chi connectivity index (χ4n) is 0.947. The molecule has 0 aliphatic rings. The predicted octanol–water partition coefficient (Wildman–Crippen LogP) is -1.44. The van der Waals surface area contributed by atoms with Crippen LogP contribution in [0.4, 0.5) is 5.69 Å². The van der Waals surface area contributed by atoms with E-state index in [0.29, 0.717) is 0 Å². The fraction of sp³-hybridized carbons (Fsp3) is 0.222. The van der Waals surface area contributed by atoms with Crippen molar-refractivity contribution in [1.29, 1.82) is 0 Å². The maximum atomic E-state index is 3.90. The average Bonchev–Trinajstić information content (AvgIpc) is 1.88. The summed E-state index contributed by atoms with van der Waals surface area (Å²) in [5.41, 5.74) is 2.26. The van der Waals surface area contributed by atoms with E-state index in [0.717, 1.165) is 5.56 Å². The first-order valence-corrected chi connectivity index (χ1v) is 3.30. The number of para-hydroxylation sites is 1. The van der Waals surface area contributed by atoms with Crippen LogP contribution < -0.4 is 17.3 Å². The zero-order valence-corrected chi connectivity index (χ0v) is 9.72. The van der Waals surface area contributed by atoms with Gasteiger partial charge in [0.15, 0.2) is 0 Å². The molecule has 0 bridgehead atoms. The van der Waals surface area contributed by atoms with E-state index in [2.05, 4.69) is 17.9 Å². The van der Waals surface area contributed by atoms with Crippen molar-refractivity contribution in [2.45, 2.75) is 0 Å². The van der Waals surface area contributed by atoms with Gasteiger partial charge in [0.1, 0.15) is 0 Å². The average molecular weight is 194 g/mol. The molecule has 62 valence electrons. The number of rotatable bonds is 1. The molecule has 0 aliphatic heterocycles. The summed E-state index contributed by atoms with van der Waals surface area (Å²) in [6, 6.07) is 8.08. The van der Waals surface area contributed by atoms with Crippen molar-refractivity contribution < 1.29 is 12.4 Å². The quantitative estimate of drug-likeness (QED) is 0.390. The summed E-state index contributed by atoms with van der Waals surface area (Å²) in [5.74, 6) is 0. The standard InChI is InChI=1S/C9H12N.ClH.Mg/c1-8-6-4-5-7-9(8)10(2)3;;/h4-7H,1H2,2-3H3;1H;/q-1;;+2/p-1. The molecule has 0 aromatic heterocycles. The number of hydrogen-bond acceptors (Lipinski definition) is 1. The third-order valence-electron chi connectivity index (χ3n) is 1.47. The Morgan fingerprint density at radius 3 is 2.00 bits per heavy atom. The van der Waals surface area contributed by atoms with Crippen LogP contribution in [0.15, 0.2) is 24.3 Å². The van der Waals surface area contributed by atoms with E-state index in [4.69, 9.17) is 0 Å². The number of benzene rings is 1. The van der Waals surface area contributed by atoms with Gasteiger partial charge in [-0.25, -0.2) is 0 Å². The second-order valence-electron chi connectivity index (χ2n) is 2.52. The maximum Gasteiger partial charge on any atom is 2.00 e. The third-order valence-corrected chi connectivity index (χ3v) is 1.47. The van der Waals surface area contributed by atoms with Crippen LogP contribution in [0.5, 0.6) is 0 Å². The molecule has 0 heterocycles. The summed E-state index contributed by atoms with van der Waals surface area (Å²) in [7, 11) is 4.04. The molecule has 0 spiro atoms. The molecule has 0 amide bonds. The van der Waals surface area contributed by atoms with Crippen molar-refractivity contribution in [3.63, 3.8) is 0 Å².